The van der Waals surface area contributed by atoms with E-state index in [2.05, 4.69) is 15.0 Å². The van der Waals surface area contributed by atoms with Gasteiger partial charge in [0.1, 0.15) is 0 Å². The van der Waals surface area contributed by atoms with Crippen molar-refractivity contribution >= 4 is 17.5 Å². The molecule has 0 aliphatic heterocycles. The van der Waals surface area contributed by atoms with Crippen molar-refractivity contribution in [2.45, 2.75) is 25.9 Å². The van der Waals surface area contributed by atoms with Crippen molar-refractivity contribution in [1.29, 1.82) is 0 Å². The first kappa shape index (κ1) is 12.8. The van der Waals surface area contributed by atoms with Crippen molar-refractivity contribution in [2.75, 3.05) is 5.75 Å². The maximum atomic E-state index is 11.8. The van der Waals surface area contributed by atoms with Gasteiger partial charge in [0, 0.05) is 17.6 Å². The fraction of sp³-hybridized carbons (Fsp3) is 0.308. The Hall–Kier alpha value is -1.62. The largest absolute Gasteiger partial charge is 0.359 e. The van der Waals surface area contributed by atoms with Crippen molar-refractivity contribution in [3.63, 3.8) is 0 Å². The van der Waals surface area contributed by atoms with Crippen LogP contribution in [-0.4, -0.2) is 26.5 Å². The number of hydrogen-bond donors (Lipinski definition) is 1. The van der Waals surface area contributed by atoms with Gasteiger partial charge >= 0.3 is 0 Å². The summed E-state index contributed by atoms with van der Waals surface area (Å²) in [6, 6.07) is 3.59. The molecule has 0 saturated carbocycles. The highest BCUT2D eigenvalue weighted by Crippen LogP contribution is 2.18. The highest BCUT2D eigenvalue weighted by Gasteiger charge is 2.10. The lowest BCUT2D eigenvalue weighted by Crippen LogP contribution is -2.04. The van der Waals surface area contributed by atoms with Crippen LogP contribution in [0.1, 0.15) is 27.4 Å². The molecule has 2 aromatic heterocycles. The normalized spacial score (nSPS) is 10.6. The lowest BCUT2D eigenvalue weighted by molar-refractivity contribution is 0.101. The number of ketones is 1. The Bertz CT molecular complexity index is 541. The van der Waals surface area contributed by atoms with E-state index in [1.807, 2.05) is 26.8 Å². The smallest absolute Gasteiger partial charge is 0.189 e. The standard InChI is InChI=1S/C13H15N3OS/c1-8-9(2)15-13(16-10(8)3)18-7-12(17)11-5-4-6-14-11/h4-6,14H,7H2,1-3H3. The van der Waals surface area contributed by atoms with Gasteiger partial charge in [-0.05, 0) is 38.5 Å². The molecule has 1 N–H and O–H groups in total. The Kier molecular flexibility index (Phi) is 3.81. The lowest BCUT2D eigenvalue weighted by atomic mass is 10.2. The Labute approximate surface area is 110 Å². The van der Waals surface area contributed by atoms with Gasteiger partial charge in [-0.25, -0.2) is 9.97 Å². The Balaban J connectivity index is 2.05. The van der Waals surface area contributed by atoms with Crippen LogP contribution < -0.4 is 0 Å². The van der Waals surface area contributed by atoms with Crippen molar-refractivity contribution in [1.82, 2.24) is 15.0 Å². The molecule has 0 aliphatic rings. The van der Waals surface area contributed by atoms with Crippen molar-refractivity contribution in [3.8, 4) is 0 Å². The monoisotopic (exact) mass is 261 g/mol. The van der Waals surface area contributed by atoms with Crippen molar-refractivity contribution in [2.24, 2.45) is 0 Å². The van der Waals surface area contributed by atoms with Gasteiger partial charge in [-0.15, -0.1) is 0 Å². The molecule has 4 nitrogen and oxygen atoms in total. The molecule has 0 bridgehead atoms. The Morgan fingerprint density at radius 1 is 1.28 bits per heavy atom. The van der Waals surface area contributed by atoms with Gasteiger partial charge in [0.05, 0.1) is 11.4 Å². The topological polar surface area (TPSA) is 58.6 Å². The molecule has 94 valence electrons. The first-order valence-electron chi connectivity index (χ1n) is 5.69. The molecule has 0 fully saturated rings. The van der Waals surface area contributed by atoms with Crippen molar-refractivity contribution < 1.29 is 4.79 Å². The molecule has 0 spiro atoms. The number of H-pyrrole nitrogens is 1. The molecule has 0 amide bonds. The predicted octanol–water partition coefficient (Wildman–Crippen LogP) is 2.70. The van der Waals surface area contributed by atoms with Gasteiger partial charge in [-0.3, -0.25) is 4.79 Å². The molecule has 2 rings (SSSR count). The molecule has 0 atom stereocenters. The maximum Gasteiger partial charge on any atom is 0.189 e. The summed E-state index contributed by atoms with van der Waals surface area (Å²) in [5, 5.41) is 0.663. The van der Waals surface area contributed by atoms with Crippen LogP contribution in [0.3, 0.4) is 0 Å². The first-order valence-corrected chi connectivity index (χ1v) is 6.67. The lowest BCUT2D eigenvalue weighted by Gasteiger charge is -2.06. The molecule has 0 aliphatic carbocycles. The summed E-state index contributed by atoms with van der Waals surface area (Å²) in [7, 11) is 0. The van der Waals surface area contributed by atoms with Gasteiger partial charge in [0.15, 0.2) is 10.9 Å². The minimum atomic E-state index is 0.0597. The van der Waals surface area contributed by atoms with Gasteiger partial charge in [0.25, 0.3) is 0 Å². The third-order valence-corrected chi connectivity index (χ3v) is 3.69. The third kappa shape index (κ3) is 2.79. The molecule has 5 heteroatoms. The van der Waals surface area contributed by atoms with E-state index in [0.717, 1.165) is 17.0 Å². The third-order valence-electron chi connectivity index (χ3n) is 2.84. The van der Waals surface area contributed by atoms with E-state index in [0.29, 0.717) is 16.6 Å². The Morgan fingerprint density at radius 2 is 1.94 bits per heavy atom. The highest BCUT2D eigenvalue weighted by atomic mass is 32.2. The molecule has 0 saturated heterocycles. The molecular weight excluding hydrogens is 246 g/mol. The average Bonchev–Trinajstić information content (AvgIpc) is 2.86. The highest BCUT2D eigenvalue weighted by molar-refractivity contribution is 7.99. The summed E-state index contributed by atoms with van der Waals surface area (Å²) >= 11 is 1.37. The number of carbonyl (C=O) groups excluding carboxylic acids is 1. The van der Waals surface area contributed by atoms with E-state index in [9.17, 15) is 4.79 Å². The second kappa shape index (κ2) is 5.35. The van der Waals surface area contributed by atoms with Crippen LogP contribution in [0.5, 0.6) is 0 Å². The fourth-order valence-electron chi connectivity index (χ4n) is 1.52. The molecule has 2 heterocycles. The van der Waals surface area contributed by atoms with Gasteiger partial charge < -0.3 is 4.98 Å². The molecule has 2 aromatic rings. The van der Waals surface area contributed by atoms with Gasteiger partial charge in [-0.2, -0.15) is 0 Å². The average molecular weight is 261 g/mol. The molecule has 0 aromatic carbocycles. The SMILES string of the molecule is Cc1nc(SCC(=O)c2ccc[nH]2)nc(C)c1C. The molecule has 18 heavy (non-hydrogen) atoms. The number of aromatic nitrogens is 3. The number of carbonyl (C=O) groups is 1. The van der Waals surface area contributed by atoms with Crippen LogP contribution in [-0.2, 0) is 0 Å². The van der Waals surface area contributed by atoms with Crippen LogP contribution in [0.15, 0.2) is 23.5 Å². The van der Waals surface area contributed by atoms with Crippen LogP contribution >= 0.6 is 11.8 Å². The zero-order valence-corrected chi connectivity index (χ0v) is 11.5. The van der Waals surface area contributed by atoms with Crippen LogP contribution in [0.25, 0.3) is 0 Å². The van der Waals surface area contributed by atoms with Gasteiger partial charge in [-0.1, -0.05) is 11.8 Å². The number of Topliss-reactive ketones (excluding diaryl/α,β-unsaturated/α-hetero) is 1. The van der Waals surface area contributed by atoms with Crippen molar-refractivity contribution in [3.05, 3.63) is 41.0 Å². The maximum absolute atomic E-state index is 11.8. The van der Waals surface area contributed by atoms with E-state index in [4.69, 9.17) is 0 Å². The summed E-state index contributed by atoms with van der Waals surface area (Å²) in [4.78, 5) is 23.5. The summed E-state index contributed by atoms with van der Waals surface area (Å²) < 4.78 is 0. The predicted molar refractivity (Wildman–Crippen MR) is 72.1 cm³/mol. The summed E-state index contributed by atoms with van der Waals surface area (Å²) in [6.07, 6.45) is 1.74. The number of aromatic amines is 1. The van der Waals surface area contributed by atoms with Crippen LogP contribution in [0, 0.1) is 20.8 Å². The number of rotatable bonds is 4. The zero-order valence-electron chi connectivity index (χ0n) is 10.7. The zero-order chi connectivity index (χ0) is 13.1. The number of thioether (sulfide) groups is 1. The summed E-state index contributed by atoms with van der Waals surface area (Å²) in [5.74, 6) is 0.409. The number of aryl methyl sites for hydroxylation is 2. The van der Waals surface area contributed by atoms with E-state index < -0.39 is 0 Å². The van der Waals surface area contributed by atoms with Crippen LogP contribution in [0.4, 0.5) is 0 Å². The van der Waals surface area contributed by atoms with E-state index in [-0.39, 0.29) is 5.78 Å². The van der Waals surface area contributed by atoms with E-state index >= 15 is 0 Å². The minimum absolute atomic E-state index is 0.0597. The molecule has 0 radical (unpaired) electrons. The van der Waals surface area contributed by atoms with E-state index in [1.54, 1.807) is 12.3 Å². The van der Waals surface area contributed by atoms with Gasteiger partial charge in [0.2, 0.25) is 0 Å². The van der Waals surface area contributed by atoms with E-state index in [1.165, 1.54) is 11.8 Å². The summed E-state index contributed by atoms with van der Waals surface area (Å²) in [6.45, 7) is 5.92. The molecule has 0 unspecified atom stereocenters. The number of hydrogen-bond acceptors (Lipinski definition) is 4. The minimum Gasteiger partial charge on any atom is -0.359 e. The second-order valence-corrected chi connectivity index (χ2v) is 5.04. The fourth-order valence-corrected chi connectivity index (χ4v) is 2.34. The number of nitrogens with zero attached hydrogens (tertiary/aromatic N) is 2. The quantitative estimate of drug-likeness (QED) is 0.522. The number of nitrogens with one attached hydrogen (secondary N) is 1. The summed E-state index contributed by atoms with van der Waals surface area (Å²) in [5.41, 5.74) is 3.67. The van der Waals surface area contributed by atoms with Crippen LogP contribution in [0.2, 0.25) is 0 Å². The second-order valence-electron chi connectivity index (χ2n) is 4.10. The first-order chi connectivity index (χ1) is 8.58. The Morgan fingerprint density at radius 3 is 2.50 bits per heavy atom. The molecular formula is C13H15N3OS.